The lowest BCUT2D eigenvalue weighted by Crippen LogP contribution is -2.48. The molecule has 2 aromatic carbocycles. The van der Waals surface area contributed by atoms with Crippen LogP contribution in [-0.4, -0.2) is 38.9 Å². The maximum Gasteiger partial charge on any atom is 0.243 e. The summed E-state index contributed by atoms with van der Waals surface area (Å²) in [6, 6.07) is 17.2. The van der Waals surface area contributed by atoms with Crippen LogP contribution < -0.4 is 4.90 Å². The molecule has 0 aliphatic carbocycles. The van der Waals surface area contributed by atoms with Crippen LogP contribution in [0.3, 0.4) is 0 Å². The monoisotopic (exact) mass is 394 g/mol. The van der Waals surface area contributed by atoms with Crippen molar-refractivity contribution in [3.63, 3.8) is 0 Å². The topological polar surface area (TPSA) is 40.6 Å². The molecule has 2 aromatic rings. The predicted octanol–water partition coefficient (Wildman–Crippen LogP) is 3.09. The number of piperazine rings is 1. The second kappa shape index (κ2) is 7.03. The lowest BCUT2D eigenvalue weighted by Gasteiger charge is -2.35. The predicted molar refractivity (Wildman–Crippen MR) is 96.5 cm³/mol. The molecule has 0 saturated carbocycles. The van der Waals surface area contributed by atoms with Gasteiger partial charge in [0.2, 0.25) is 10.0 Å². The molecule has 1 aliphatic rings. The van der Waals surface area contributed by atoms with E-state index < -0.39 is 10.0 Å². The molecule has 0 spiro atoms. The Morgan fingerprint density at radius 2 is 1.48 bits per heavy atom. The number of alkyl halides is 1. The van der Waals surface area contributed by atoms with Gasteiger partial charge in [-0.1, -0.05) is 46.3 Å². The molecule has 3 rings (SSSR count). The van der Waals surface area contributed by atoms with E-state index in [1.165, 1.54) is 0 Å². The van der Waals surface area contributed by atoms with Crippen LogP contribution in [0.25, 0.3) is 0 Å². The molecule has 0 unspecified atom stereocenters. The van der Waals surface area contributed by atoms with Gasteiger partial charge < -0.3 is 4.90 Å². The third kappa shape index (κ3) is 3.59. The fraction of sp³-hybridized carbons (Fsp3) is 0.294. The van der Waals surface area contributed by atoms with Crippen molar-refractivity contribution in [1.29, 1.82) is 0 Å². The number of sulfonamides is 1. The number of rotatable bonds is 4. The first-order valence-corrected chi connectivity index (χ1v) is 10.1. The van der Waals surface area contributed by atoms with Crippen LogP contribution in [0, 0.1) is 0 Å². The number of halogens is 1. The Hall–Kier alpha value is -1.37. The molecule has 1 fully saturated rings. The highest BCUT2D eigenvalue weighted by Gasteiger charge is 2.28. The zero-order valence-electron chi connectivity index (χ0n) is 12.7. The highest BCUT2D eigenvalue weighted by atomic mass is 79.9. The quantitative estimate of drug-likeness (QED) is 0.748. The Morgan fingerprint density at radius 1 is 0.870 bits per heavy atom. The molecule has 1 heterocycles. The fourth-order valence-electron chi connectivity index (χ4n) is 2.73. The van der Waals surface area contributed by atoms with Crippen LogP contribution in [-0.2, 0) is 15.4 Å². The summed E-state index contributed by atoms with van der Waals surface area (Å²) in [7, 11) is -3.40. The zero-order valence-corrected chi connectivity index (χ0v) is 15.1. The van der Waals surface area contributed by atoms with Crippen LogP contribution in [0.15, 0.2) is 59.5 Å². The van der Waals surface area contributed by atoms with Crippen molar-refractivity contribution in [2.75, 3.05) is 31.1 Å². The van der Waals surface area contributed by atoms with Gasteiger partial charge in [-0.25, -0.2) is 8.42 Å². The summed E-state index contributed by atoms with van der Waals surface area (Å²) in [5, 5.41) is 0.725. The molecule has 6 heteroatoms. The summed E-state index contributed by atoms with van der Waals surface area (Å²) in [6.45, 7) is 2.44. The number of hydrogen-bond acceptors (Lipinski definition) is 3. The van der Waals surface area contributed by atoms with E-state index in [1.54, 1.807) is 16.4 Å². The van der Waals surface area contributed by atoms with Crippen molar-refractivity contribution in [1.82, 2.24) is 4.31 Å². The Bertz CT molecular complexity index is 740. The third-order valence-corrected chi connectivity index (χ3v) is 6.64. The molecule has 0 N–H and O–H groups in total. The maximum atomic E-state index is 12.7. The largest absolute Gasteiger partial charge is 0.369 e. The van der Waals surface area contributed by atoms with Gasteiger partial charge in [-0.05, 0) is 29.8 Å². The number of anilines is 1. The summed E-state index contributed by atoms with van der Waals surface area (Å²) in [5.74, 6) is 0. The van der Waals surface area contributed by atoms with Gasteiger partial charge in [0.25, 0.3) is 0 Å². The summed E-state index contributed by atoms with van der Waals surface area (Å²) >= 11 is 3.37. The average Bonchev–Trinajstić information content (AvgIpc) is 2.62. The molecule has 0 bridgehead atoms. The summed E-state index contributed by atoms with van der Waals surface area (Å²) in [6.07, 6.45) is 0. The van der Waals surface area contributed by atoms with Gasteiger partial charge in [-0.3, -0.25) is 0 Å². The normalized spacial score (nSPS) is 16.5. The summed E-state index contributed by atoms with van der Waals surface area (Å²) < 4.78 is 27.0. The van der Waals surface area contributed by atoms with Crippen molar-refractivity contribution in [2.45, 2.75) is 10.2 Å². The standard InChI is InChI=1S/C17H19BrN2O2S/c18-14-15-6-8-17(9-7-15)23(21,22)20-12-10-19(11-13-20)16-4-2-1-3-5-16/h1-9H,10-14H2. The van der Waals surface area contributed by atoms with Gasteiger partial charge in [-0.15, -0.1) is 0 Å². The second-order valence-electron chi connectivity index (χ2n) is 5.50. The van der Waals surface area contributed by atoms with Crippen molar-refractivity contribution in [2.24, 2.45) is 0 Å². The lowest BCUT2D eigenvalue weighted by molar-refractivity contribution is 0.385. The van der Waals surface area contributed by atoms with Gasteiger partial charge >= 0.3 is 0 Å². The van der Waals surface area contributed by atoms with Crippen molar-refractivity contribution >= 4 is 31.6 Å². The number of para-hydroxylation sites is 1. The van der Waals surface area contributed by atoms with Crippen LogP contribution in [0.2, 0.25) is 0 Å². The van der Waals surface area contributed by atoms with E-state index >= 15 is 0 Å². The molecule has 4 nitrogen and oxygen atoms in total. The van der Waals surface area contributed by atoms with E-state index in [9.17, 15) is 8.42 Å². The first kappa shape index (κ1) is 16.5. The molecule has 0 amide bonds. The van der Waals surface area contributed by atoms with E-state index in [0.29, 0.717) is 31.1 Å². The van der Waals surface area contributed by atoms with E-state index in [2.05, 4.69) is 33.0 Å². The minimum atomic E-state index is -3.40. The van der Waals surface area contributed by atoms with E-state index in [4.69, 9.17) is 0 Å². The van der Waals surface area contributed by atoms with Crippen molar-refractivity contribution in [3.05, 3.63) is 60.2 Å². The number of hydrogen-bond donors (Lipinski definition) is 0. The van der Waals surface area contributed by atoms with E-state index in [-0.39, 0.29) is 0 Å². The van der Waals surface area contributed by atoms with Gasteiger partial charge in [0.1, 0.15) is 0 Å². The van der Waals surface area contributed by atoms with Crippen LogP contribution in [0.4, 0.5) is 5.69 Å². The molecule has 0 atom stereocenters. The Kier molecular flexibility index (Phi) is 5.04. The number of nitrogens with zero attached hydrogens (tertiary/aromatic N) is 2. The Morgan fingerprint density at radius 3 is 2.04 bits per heavy atom. The maximum absolute atomic E-state index is 12.7. The molecule has 0 aromatic heterocycles. The number of benzene rings is 2. The first-order chi connectivity index (χ1) is 11.1. The smallest absolute Gasteiger partial charge is 0.243 e. The molecule has 122 valence electrons. The SMILES string of the molecule is O=S(=O)(c1ccc(CBr)cc1)N1CCN(c2ccccc2)CC1. The van der Waals surface area contributed by atoms with E-state index in [1.807, 2.05) is 30.3 Å². The molecule has 23 heavy (non-hydrogen) atoms. The van der Waals surface area contributed by atoms with E-state index in [0.717, 1.165) is 16.6 Å². The lowest BCUT2D eigenvalue weighted by atomic mass is 10.2. The van der Waals surface area contributed by atoms with Crippen molar-refractivity contribution in [3.8, 4) is 0 Å². The average molecular weight is 395 g/mol. The van der Waals surface area contributed by atoms with Crippen LogP contribution >= 0.6 is 15.9 Å². The van der Waals surface area contributed by atoms with Gasteiger partial charge in [0.15, 0.2) is 0 Å². The summed E-state index contributed by atoms with van der Waals surface area (Å²) in [4.78, 5) is 2.59. The Labute approximate surface area is 145 Å². The minimum absolute atomic E-state index is 0.371. The molecular weight excluding hydrogens is 376 g/mol. The van der Waals surface area contributed by atoms with Crippen molar-refractivity contribution < 1.29 is 8.42 Å². The van der Waals surface area contributed by atoms with Gasteiger partial charge in [-0.2, -0.15) is 4.31 Å². The molecule has 1 saturated heterocycles. The highest BCUT2D eigenvalue weighted by Crippen LogP contribution is 2.21. The molecule has 1 aliphatic heterocycles. The van der Waals surface area contributed by atoms with Gasteiger partial charge in [0, 0.05) is 37.2 Å². The first-order valence-electron chi connectivity index (χ1n) is 7.56. The highest BCUT2D eigenvalue weighted by molar-refractivity contribution is 9.08. The Balaban J connectivity index is 1.70. The molecule has 0 radical (unpaired) electrons. The van der Waals surface area contributed by atoms with Crippen LogP contribution in [0.1, 0.15) is 5.56 Å². The fourth-order valence-corrected chi connectivity index (χ4v) is 4.52. The van der Waals surface area contributed by atoms with Crippen LogP contribution in [0.5, 0.6) is 0 Å². The summed E-state index contributed by atoms with van der Waals surface area (Å²) in [5.41, 5.74) is 2.21. The minimum Gasteiger partial charge on any atom is -0.369 e. The third-order valence-electron chi connectivity index (χ3n) is 4.08. The van der Waals surface area contributed by atoms with Gasteiger partial charge in [0.05, 0.1) is 4.90 Å². The zero-order chi connectivity index (χ0) is 16.3. The molecular formula is C17H19BrN2O2S. The second-order valence-corrected chi connectivity index (χ2v) is 8.00.